The minimum atomic E-state index is -4.38. The van der Waals surface area contributed by atoms with Crippen molar-refractivity contribution in [2.75, 3.05) is 18.4 Å². The Morgan fingerprint density at radius 2 is 1.93 bits per heavy atom. The number of anilines is 1. The summed E-state index contributed by atoms with van der Waals surface area (Å²) in [6.45, 7) is 7.68. The van der Waals surface area contributed by atoms with Gasteiger partial charge in [0.25, 0.3) is 0 Å². The number of hydrogen-bond donors (Lipinski definition) is 1. The lowest BCUT2D eigenvalue weighted by Gasteiger charge is -2.35. The van der Waals surface area contributed by atoms with Gasteiger partial charge in [-0.05, 0) is 32.6 Å². The SMILES string of the molecule is CC(C)[C@@H]1C[C@H](C(F)(F)F)n2nc([C@@H]3CCN(S(=O)(=O)C(C)C)C3)cc2N1. The molecule has 3 heterocycles. The molecule has 0 radical (unpaired) electrons. The fraction of sp³-hybridized carbons (Fsp3) is 0.824. The Balaban J connectivity index is 1.87. The molecule has 0 unspecified atom stereocenters. The summed E-state index contributed by atoms with van der Waals surface area (Å²) in [5.41, 5.74) is 0.526. The molecule has 0 aliphatic carbocycles. The monoisotopic (exact) mass is 408 g/mol. The van der Waals surface area contributed by atoms with E-state index in [4.69, 9.17) is 0 Å². The zero-order chi connectivity index (χ0) is 20.1. The number of hydrogen-bond acceptors (Lipinski definition) is 4. The second-order valence-corrected chi connectivity index (χ2v) is 10.6. The lowest BCUT2D eigenvalue weighted by atomic mass is 9.94. The molecule has 27 heavy (non-hydrogen) atoms. The highest BCUT2D eigenvalue weighted by atomic mass is 32.2. The van der Waals surface area contributed by atoms with Gasteiger partial charge in [0.05, 0.1) is 10.9 Å². The largest absolute Gasteiger partial charge is 0.410 e. The van der Waals surface area contributed by atoms with E-state index in [0.717, 1.165) is 4.68 Å². The first-order valence-corrected chi connectivity index (χ1v) is 10.8. The summed E-state index contributed by atoms with van der Waals surface area (Å²) in [5.74, 6) is 0.229. The van der Waals surface area contributed by atoms with Crippen LogP contribution in [0.1, 0.15) is 58.2 Å². The third kappa shape index (κ3) is 3.83. The molecule has 1 aromatic rings. The molecule has 1 N–H and O–H groups in total. The van der Waals surface area contributed by atoms with Crippen LogP contribution in [-0.2, 0) is 10.0 Å². The average molecular weight is 408 g/mol. The van der Waals surface area contributed by atoms with Gasteiger partial charge in [-0.15, -0.1) is 0 Å². The van der Waals surface area contributed by atoms with Crippen LogP contribution in [0.25, 0.3) is 0 Å². The third-order valence-electron chi connectivity index (χ3n) is 5.57. The first-order valence-electron chi connectivity index (χ1n) is 9.33. The Morgan fingerprint density at radius 3 is 2.48 bits per heavy atom. The highest BCUT2D eigenvalue weighted by molar-refractivity contribution is 7.89. The van der Waals surface area contributed by atoms with Crippen molar-refractivity contribution >= 4 is 15.8 Å². The molecule has 0 spiro atoms. The van der Waals surface area contributed by atoms with Gasteiger partial charge in [-0.2, -0.15) is 18.3 Å². The van der Waals surface area contributed by atoms with Gasteiger partial charge in [-0.1, -0.05) is 13.8 Å². The predicted octanol–water partition coefficient (Wildman–Crippen LogP) is 3.35. The Labute approximate surface area is 158 Å². The van der Waals surface area contributed by atoms with Crippen LogP contribution in [0.4, 0.5) is 19.0 Å². The van der Waals surface area contributed by atoms with Gasteiger partial charge < -0.3 is 5.32 Å². The summed E-state index contributed by atoms with van der Waals surface area (Å²) in [5, 5.41) is 6.90. The maximum Gasteiger partial charge on any atom is 0.410 e. The molecular formula is C17H27F3N4O2S. The van der Waals surface area contributed by atoms with E-state index in [2.05, 4.69) is 10.4 Å². The topological polar surface area (TPSA) is 67.2 Å². The minimum Gasteiger partial charge on any atom is -0.367 e. The molecule has 10 heteroatoms. The highest BCUT2D eigenvalue weighted by Crippen LogP contribution is 2.42. The van der Waals surface area contributed by atoms with Crippen LogP contribution in [0.5, 0.6) is 0 Å². The Bertz CT molecular complexity index is 789. The van der Waals surface area contributed by atoms with Crippen LogP contribution in [-0.4, -0.2) is 53.1 Å². The van der Waals surface area contributed by atoms with E-state index in [9.17, 15) is 21.6 Å². The van der Waals surface area contributed by atoms with Crippen molar-refractivity contribution in [3.05, 3.63) is 11.8 Å². The number of fused-ring (bicyclic) bond motifs is 1. The zero-order valence-electron chi connectivity index (χ0n) is 16.0. The maximum absolute atomic E-state index is 13.6. The number of alkyl halides is 3. The molecule has 154 valence electrons. The molecule has 0 bridgehead atoms. The summed E-state index contributed by atoms with van der Waals surface area (Å²) < 4.78 is 67.9. The number of halogens is 3. The van der Waals surface area contributed by atoms with Crippen molar-refractivity contribution in [2.45, 2.75) is 70.0 Å². The van der Waals surface area contributed by atoms with E-state index >= 15 is 0 Å². The molecule has 2 aliphatic rings. The summed E-state index contributed by atoms with van der Waals surface area (Å²) in [6.07, 6.45) is -3.88. The summed E-state index contributed by atoms with van der Waals surface area (Å²) in [6, 6.07) is -0.287. The Hall–Kier alpha value is -1.29. The van der Waals surface area contributed by atoms with Gasteiger partial charge >= 0.3 is 6.18 Å². The minimum absolute atomic E-state index is 0.0557. The van der Waals surface area contributed by atoms with Gasteiger partial charge in [-0.3, -0.25) is 0 Å². The van der Waals surface area contributed by atoms with Crippen LogP contribution in [0.15, 0.2) is 6.07 Å². The number of sulfonamides is 1. The quantitative estimate of drug-likeness (QED) is 0.830. The predicted molar refractivity (Wildman–Crippen MR) is 97.2 cm³/mol. The molecule has 6 nitrogen and oxygen atoms in total. The van der Waals surface area contributed by atoms with Crippen molar-refractivity contribution in [1.82, 2.24) is 14.1 Å². The summed E-state index contributed by atoms with van der Waals surface area (Å²) >= 11 is 0. The number of nitrogens with zero attached hydrogens (tertiary/aromatic N) is 3. The van der Waals surface area contributed by atoms with Gasteiger partial charge in [-0.25, -0.2) is 17.4 Å². The fourth-order valence-corrected chi connectivity index (χ4v) is 5.10. The van der Waals surface area contributed by atoms with Crippen LogP contribution < -0.4 is 5.32 Å². The summed E-state index contributed by atoms with van der Waals surface area (Å²) in [4.78, 5) is 0. The molecular weight excluding hydrogens is 381 g/mol. The molecule has 2 aliphatic heterocycles. The van der Waals surface area contributed by atoms with Gasteiger partial charge in [0.2, 0.25) is 10.0 Å². The Kier molecular flexibility index (Phi) is 5.26. The lowest BCUT2D eigenvalue weighted by molar-refractivity contribution is -0.174. The van der Waals surface area contributed by atoms with E-state index in [0.29, 0.717) is 24.5 Å². The molecule has 3 atom stereocenters. The smallest absolute Gasteiger partial charge is 0.367 e. The molecule has 0 aromatic carbocycles. The molecule has 1 aromatic heterocycles. The van der Waals surface area contributed by atoms with Crippen molar-refractivity contribution in [3.63, 3.8) is 0 Å². The van der Waals surface area contributed by atoms with Crippen LogP contribution in [0.2, 0.25) is 0 Å². The van der Waals surface area contributed by atoms with Crippen molar-refractivity contribution in [1.29, 1.82) is 0 Å². The lowest BCUT2D eigenvalue weighted by Crippen LogP contribution is -2.41. The number of nitrogens with one attached hydrogen (secondary N) is 1. The van der Waals surface area contributed by atoms with E-state index in [1.807, 2.05) is 13.8 Å². The van der Waals surface area contributed by atoms with E-state index in [-0.39, 0.29) is 30.8 Å². The molecule has 0 saturated carbocycles. The number of rotatable bonds is 4. The van der Waals surface area contributed by atoms with E-state index in [1.54, 1.807) is 19.9 Å². The van der Waals surface area contributed by atoms with E-state index in [1.165, 1.54) is 4.31 Å². The molecule has 3 rings (SSSR count). The summed E-state index contributed by atoms with van der Waals surface area (Å²) in [7, 11) is -3.37. The second kappa shape index (κ2) is 6.95. The normalized spacial score (nSPS) is 27.2. The first-order chi connectivity index (χ1) is 12.4. The fourth-order valence-electron chi connectivity index (χ4n) is 3.76. The second-order valence-electron chi connectivity index (χ2n) is 8.12. The molecule has 0 amide bonds. The average Bonchev–Trinajstić information content (AvgIpc) is 3.19. The number of aromatic nitrogens is 2. The molecule has 1 saturated heterocycles. The van der Waals surface area contributed by atoms with Crippen LogP contribution >= 0.6 is 0 Å². The van der Waals surface area contributed by atoms with Crippen molar-refractivity contribution < 1.29 is 21.6 Å². The van der Waals surface area contributed by atoms with Crippen LogP contribution in [0, 0.1) is 5.92 Å². The van der Waals surface area contributed by atoms with Crippen molar-refractivity contribution in [2.24, 2.45) is 5.92 Å². The highest BCUT2D eigenvalue weighted by Gasteiger charge is 2.47. The third-order valence-corrected chi connectivity index (χ3v) is 7.81. The van der Waals surface area contributed by atoms with Gasteiger partial charge in [0, 0.05) is 31.1 Å². The maximum atomic E-state index is 13.6. The van der Waals surface area contributed by atoms with Crippen LogP contribution in [0.3, 0.4) is 0 Å². The Morgan fingerprint density at radius 1 is 1.26 bits per heavy atom. The molecule has 1 fully saturated rings. The first kappa shape index (κ1) is 20.4. The zero-order valence-corrected chi connectivity index (χ0v) is 16.8. The van der Waals surface area contributed by atoms with Crippen molar-refractivity contribution in [3.8, 4) is 0 Å². The van der Waals surface area contributed by atoms with E-state index < -0.39 is 27.5 Å². The van der Waals surface area contributed by atoms with Gasteiger partial charge in [0.1, 0.15) is 5.82 Å². The van der Waals surface area contributed by atoms with Gasteiger partial charge in [0.15, 0.2) is 6.04 Å². The standard InChI is InChI=1S/C17H27F3N4O2S/c1-10(2)13-7-15(17(18,19)20)24-16(21-13)8-14(22-24)12-5-6-23(9-12)27(25,26)11(3)4/h8,10-13,15,21H,5-7,9H2,1-4H3/t12-,13+,15-/m1/s1.